The van der Waals surface area contributed by atoms with Crippen LogP contribution in [0.25, 0.3) is 44.4 Å². The first kappa shape index (κ1) is 30.0. The number of carboxylic acid groups (broad SMARTS) is 2. The molecule has 0 amide bonds. The van der Waals surface area contributed by atoms with Gasteiger partial charge < -0.3 is 19.8 Å². The van der Waals surface area contributed by atoms with Crippen LogP contribution in [0.1, 0.15) is 98.4 Å². The summed E-state index contributed by atoms with van der Waals surface area (Å²) in [5.74, 6) is -1.73. The van der Waals surface area contributed by atoms with Crippen LogP contribution in [0, 0.1) is 13.8 Å². The van der Waals surface area contributed by atoms with E-state index in [2.05, 4.69) is 62.5 Å². The van der Waals surface area contributed by atoms with Gasteiger partial charge in [-0.05, 0) is 122 Å². The molecule has 224 valence electrons. The monoisotopic (exact) mass is 580 g/mol. The van der Waals surface area contributed by atoms with Crippen LogP contribution in [0.3, 0.4) is 0 Å². The lowest BCUT2D eigenvalue weighted by Gasteiger charge is -2.05. The van der Waals surface area contributed by atoms with E-state index in [1.165, 1.54) is 22.3 Å². The Morgan fingerprint density at radius 3 is 1.74 bits per heavy atom. The quantitative estimate of drug-likeness (QED) is 0.252. The molecule has 3 aromatic rings. The lowest BCUT2D eigenvalue weighted by molar-refractivity contribution is -0.137. The maximum absolute atomic E-state index is 11.6. The standard InChI is InChI=1S/C35H40N4O4/c1-8-22-18(3)26-14-27-19(4)24(10-12-34(40)41)29(36-27)15-30-25(11-13-35(42)43)20(5)28(38-30)16-33-23(9-2)21(6)32(39(33)7)17-31(22)37-26/h14-17,37H,8-13H2,1-7H3,(H,40,41)(H,42,43). The van der Waals surface area contributed by atoms with Gasteiger partial charge in [0.1, 0.15) is 0 Å². The Balaban J connectivity index is 1.95. The molecule has 0 aromatic carbocycles. The van der Waals surface area contributed by atoms with Gasteiger partial charge in [0.05, 0.1) is 22.8 Å². The average Bonchev–Trinajstić information content (AvgIpc) is 3.59. The third-order valence-electron chi connectivity index (χ3n) is 9.09. The Kier molecular flexibility index (Phi) is 8.14. The fourth-order valence-electron chi connectivity index (χ4n) is 6.57. The number of hydrogen-bond acceptors (Lipinski definition) is 4. The summed E-state index contributed by atoms with van der Waals surface area (Å²) in [6, 6.07) is 8.32. The van der Waals surface area contributed by atoms with Crippen LogP contribution in [0.2, 0.25) is 0 Å². The molecule has 0 fully saturated rings. The summed E-state index contributed by atoms with van der Waals surface area (Å²) in [5.41, 5.74) is 15.7. The second-order valence-electron chi connectivity index (χ2n) is 11.5. The van der Waals surface area contributed by atoms with Gasteiger partial charge in [-0.25, -0.2) is 9.97 Å². The Bertz CT molecular complexity index is 1900. The fraction of sp³-hybridized carbons (Fsp3) is 0.371. The molecule has 0 atom stereocenters. The highest BCUT2D eigenvalue weighted by atomic mass is 16.4. The number of aryl methyl sites for hydroxylation is 5. The SMILES string of the molecule is CCc1c(C)c2cc3nc(cc4nc(cc5c(CC)c(C)c(cc1[nH]2)n5C)C(C)=C4CCC(=O)O)C(CCC(=O)O)=C3C. The van der Waals surface area contributed by atoms with Crippen LogP contribution >= 0.6 is 0 Å². The molecular formula is C35H40N4O4. The number of fused-ring (bicyclic) bond motifs is 8. The molecule has 5 heterocycles. The number of rotatable bonds is 8. The number of allylic oxidation sites excluding steroid dienone is 4. The maximum Gasteiger partial charge on any atom is 0.303 e. The van der Waals surface area contributed by atoms with Crippen molar-refractivity contribution < 1.29 is 19.8 Å². The Hall–Kier alpha value is -4.46. The first-order valence-corrected chi connectivity index (χ1v) is 15.0. The minimum Gasteiger partial charge on any atom is -0.481 e. The topological polar surface area (TPSA) is 121 Å². The fourth-order valence-corrected chi connectivity index (χ4v) is 6.57. The van der Waals surface area contributed by atoms with Crippen molar-refractivity contribution in [1.29, 1.82) is 0 Å². The van der Waals surface area contributed by atoms with Gasteiger partial charge in [0.2, 0.25) is 0 Å². The van der Waals surface area contributed by atoms with Crippen LogP contribution in [0.4, 0.5) is 0 Å². The van der Waals surface area contributed by atoms with Crippen LogP contribution in [0.5, 0.6) is 0 Å². The molecule has 8 bridgehead atoms. The lowest BCUT2D eigenvalue weighted by Crippen LogP contribution is -1.97. The van der Waals surface area contributed by atoms with Gasteiger partial charge in [0.15, 0.2) is 0 Å². The lowest BCUT2D eigenvalue weighted by atomic mass is 9.98. The number of carbonyl (C=O) groups is 2. The van der Waals surface area contributed by atoms with Gasteiger partial charge in [0.25, 0.3) is 0 Å². The number of hydrogen-bond donors (Lipinski definition) is 3. The molecule has 3 aromatic heterocycles. The molecule has 0 aliphatic carbocycles. The summed E-state index contributed by atoms with van der Waals surface area (Å²) in [4.78, 5) is 36.9. The smallest absolute Gasteiger partial charge is 0.303 e. The van der Waals surface area contributed by atoms with Gasteiger partial charge in [-0.15, -0.1) is 0 Å². The molecular weight excluding hydrogens is 540 g/mol. The minimum absolute atomic E-state index is 0.0122. The zero-order chi connectivity index (χ0) is 31.2. The van der Waals surface area contributed by atoms with Crippen molar-refractivity contribution in [2.45, 2.75) is 80.1 Å². The normalized spacial score (nSPS) is 13.3. The van der Waals surface area contributed by atoms with E-state index < -0.39 is 11.9 Å². The number of carboxylic acids is 2. The van der Waals surface area contributed by atoms with Crippen molar-refractivity contribution in [2.24, 2.45) is 7.05 Å². The third-order valence-corrected chi connectivity index (χ3v) is 9.09. The Morgan fingerprint density at radius 2 is 1.23 bits per heavy atom. The summed E-state index contributed by atoms with van der Waals surface area (Å²) >= 11 is 0. The van der Waals surface area contributed by atoms with E-state index in [-0.39, 0.29) is 12.8 Å². The predicted octanol–water partition coefficient (Wildman–Crippen LogP) is 7.66. The second-order valence-corrected chi connectivity index (χ2v) is 11.5. The van der Waals surface area contributed by atoms with Crippen LogP contribution in [-0.4, -0.2) is 41.7 Å². The number of aliphatic carboxylic acids is 2. The van der Waals surface area contributed by atoms with Crippen molar-refractivity contribution in [3.63, 3.8) is 0 Å². The summed E-state index contributed by atoms with van der Waals surface area (Å²) in [6.45, 7) is 12.6. The van der Waals surface area contributed by atoms with Crippen LogP contribution in [-0.2, 0) is 29.5 Å². The molecule has 0 radical (unpaired) electrons. The van der Waals surface area contributed by atoms with E-state index in [1.807, 2.05) is 19.9 Å². The zero-order valence-electron chi connectivity index (χ0n) is 26.1. The number of nitrogens with one attached hydrogen (secondary N) is 1. The third kappa shape index (κ3) is 5.42. The number of H-pyrrole nitrogens is 1. The second kappa shape index (κ2) is 11.7. The van der Waals surface area contributed by atoms with Crippen molar-refractivity contribution in [3.8, 4) is 0 Å². The molecule has 0 saturated heterocycles. The molecule has 2 aliphatic heterocycles. The van der Waals surface area contributed by atoms with Crippen molar-refractivity contribution in [3.05, 3.63) is 69.3 Å². The van der Waals surface area contributed by atoms with Gasteiger partial charge in [-0.1, -0.05) is 13.8 Å². The molecule has 8 nitrogen and oxygen atoms in total. The molecule has 3 N–H and O–H groups in total. The van der Waals surface area contributed by atoms with E-state index in [0.29, 0.717) is 24.2 Å². The average molecular weight is 581 g/mol. The number of nitrogens with zero attached hydrogens (tertiary/aromatic N) is 3. The van der Waals surface area contributed by atoms with E-state index >= 15 is 0 Å². The van der Waals surface area contributed by atoms with E-state index in [9.17, 15) is 19.8 Å². The Morgan fingerprint density at radius 1 is 0.698 bits per heavy atom. The Labute approximate surface area is 251 Å². The predicted molar refractivity (Wildman–Crippen MR) is 173 cm³/mol. The number of aromatic nitrogens is 4. The molecule has 2 aliphatic rings. The molecule has 5 rings (SSSR count). The van der Waals surface area contributed by atoms with Crippen LogP contribution < -0.4 is 0 Å². The van der Waals surface area contributed by atoms with Gasteiger partial charge in [-0.2, -0.15) is 0 Å². The van der Waals surface area contributed by atoms with Crippen LogP contribution in [0.15, 0.2) is 24.3 Å². The van der Waals surface area contributed by atoms with E-state index in [1.54, 1.807) is 0 Å². The van der Waals surface area contributed by atoms with E-state index in [4.69, 9.17) is 9.97 Å². The minimum atomic E-state index is -0.867. The van der Waals surface area contributed by atoms with E-state index in [0.717, 1.165) is 68.6 Å². The molecule has 0 saturated carbocycles. The molecule has 0 unspecified atom stereocenters. The highest BCUT2D eigenvalue weighted by Gasteiger charge is 2.23. The van der Waals surface area contributed by atoms with Crippen molar-refractivity contribution >= 4 is 56.3 Å². The van der Waals surface area contributed by atoms with Gasteiger partial charge in [0, 0.05) is 42.0 Å². The number of aromatic amines is 1. The summed E-state index contributed by atoms with van der Waals surface area (Å²) < 4.78 is 2.23. The maximum atomic E-state index is 11.6. The highest BCUT2D eigenvalue weighted by molar-refractivity contribution is 5.96. The largest absolute Gasteiger partial charge is 0.481 e. The highest BCUT2D eigenvalue weighted by Crippen LogP contribution is 2.38. The first-order chi connectivity index (χ1) is 20.4. The molecule has 0 spiro atoms. The zero-order valence-corrected chi connectivity index (χ0v) is 26.1. The van der Waals surface area contributed by atoms with Gasteiger partial charge >= 0.3 is 11.9 Å². The van der Waals surface area contributed by atoms with Gasteiger partial charge in [-0.3, -0.25) is 9.59 Å². The summed E-state index contributed by atoms with van der Waals surface area (Å²) in [6.07, 6.45) is 2.39. The van der Waals surface area contributed by atoms with Crippen molar-refractivity contribution in [1.82, 2.24) is 19.5 Å². The first-order valence-electron chi connectivity index (χ1n) is 15.0. The summed E-state index contributed by atoms with van der Waals surface area (Å²) in [5, 5.41) is 19.0. The molecule has 8 heteroatoms. The van der Waals surface area contributed by atoms with Crippen molar-refractivity contribution in [2.75, 3.05) is 0 Å². The molecule has 43 heavy (non-hydrogen) atoms. The summed E-state index contributed by atoms with van der Waals surface area (Å²) in [7, 11) is 2.09.